The van der Waals surface area contributed by atoms with Crippen LogP contribution in [0.5, 0.6) is 0 Å². The van der Waals surface area contributed by atoms with Crippen molar-refractivity contribution in [2.24, 2.45) is 17.6 Å². The van der Waals surface area contributed by atoms with E-state index in [9.17, 15) is 0 Å². The molecule has 1 rings (SSSR count). The van der Waals surface area contributed by atoms with Gasteiger partial charge in [0.05, 0.1) is 6.61 Å². The average molecular weight is 214 g/mol. The van der Waals surface area contributed by atoms with Crippen molar-refractivity contribution in [2.45, 2.75) is 45.2 Å². The van der Waals surface area contributed by atoms with Gasteiger partial charge >= 0.3 is 0 Å². The van der Waals surface area contributed by atoms with E-state index in [4.69, 9.17) is 10.8 Å². The lowest BCUT2D eigenvalue weighted by atomic mass is 9.79. The zero-order valence-corrected chi connectivity index (χ0v) is 10.3. The molecule has 0 bridgehead atoms. The highest BCUT2D eigenvalue weighted by Crippen LogP contribution is 2.28. The smallest absolute Gasteiger partial charge is 0.0584 e. The lowest BCUT2D eigenvalue weighted by Gasteiger charge is -2.36. The predicted molar refractivity (Wildman–Crippen MR) is 63.7 cm³/mol. The van der Waals surface area contributed by atoms with E-state index >= 15 is 0 Å². The Morgan fingerprint density at radius 2 is 2.13 bits per heavy atom. The summed E-state index contributed by atoms with van der Waals surface area (Å²) < 4.78 is 0. The average Bonchev–Trinajstić information content (AvgIpc) is 2.22. The zero-order valence-electron chi connectivity index (χ0n) is 10.3. The predicted octanol–water partition coefficient (Wildman–Crippen LogP) is 1.06. The molecule has 3 N–H and O–H groups in total. The molecular formula is C12H26N2O. The largest absolute Gasteiger partial charge is 0.395 e. The van der Waals surface area contributed by atoms with Crippen molar-refractivity contribution in [3.8, 4) is 0 Å². The maximum atomic E-state index is 9.08. The lowest BCUT2D eigenvalue weighted by Crippen LogP contribution is -2.44. The molecule has 1 aliphatic carbocycles. The molecule has 0 aromatic rings. The quantitative estimate of drug-likeness (QED) is 0.736. The molecule has 4 unspecified atom stereocenters. The molecule has 0 aliphatic heterocycles. The van der Waals surface area contributed by atoms with E-state index in [0.717, 1.165) is 18.9 Å². The summed E-state index contributed by atoms with van der Waals surface area (Å²) in [5.74, 6) is 1.42. The summed E-state index contributed by atoms with van der Waals surface area (Å²) in [6, 6.07) is 0.601. The summed E-state index contributed by atoms with van der Waals surface area (Å²) in [6.07, 6.45) is 3.67. The second kappa shape index (κ2) is 5.83. The summed E-state index contributed by atoms with van der Waals surface area (Å²) in [5, 5.41) is 9.08. The molecule has 90 valence electrons. The molecule has 0 aromatic carbocycles. The van der Waals surface area contributed by atoms with Crippen molar-refractivity contribution in [1.29, 1.82) is 0 Å². The first-order valence-corrected chi connectivity index (χ1v) is 6.11. The molecule has 4 atom stereocenters. The van der Waals surface area contributed by atoms with Crippen LogP contribution in [0.25, 0.3) is 0 Å². The maximum absolute atomic E-state index is 9.08. The van der Waals surface area contributed by atoms with Crippen molar-refractivity contribution >= 4 is 0 Å². The van der Waals surface area contributed by atoms with Gasteiger partial charge in [-0.15, -0.1) is 0 Å². The van der Waals surface area contributed by atoms with Crippen LogP contribution in [-0.2, 0) is 0 Å². The monoisotopic (exact) mass is 214 g/mol. The van der Waals surface area contributed by atoms with Crippen LogP contribution in [0.2, 0.25) is 0 Å². The fraction of sp³-hybridized carbons (Fsp3) is 1.00. The molecule has 15 heavy (non-hydrogen) atoms. The molecular weight excluding hydrogens is 188 g/mol. The molecule has 0 radical (unpaired) electrons. The van der Waals surface area contributed by atoms with Crippen molar-refractivity contribution in [3.63, 3.8) is 0 Å². The van der Waals surface area contributed by atoms with Gasteiger partial charge in [0.15, 0.2) is 0 Å². The van der Waals surface area contributed by atoms with Gasteiger partial charge in [0.2, 0.25) is 0 Å². The van der Waals surface area contributed by atoms with Crippen LogP contribution >= 0.6 is 0 Å². The third kappa shape index (κ3) is 3.74. The molecule has 0 aromatic heterocycles. The maximum Gasteiger partial charge on any atom is 0.0584 e. The topological polar surface area (TPSA) is 49.5 Å². The van der Waals surface area contributed by atoms with Crippen LogP contribution in [0.4, 0.5) is 0 Å². The van der Waals surface area contributed by atoms with Crippen molar-refractivity contribution in [1.82, 2.24) is 4.90 Å². The number of likely N-dealkylation sites (N-methyl/N-ethyl adjacent to an activating group) is 1. The SMILES string of the molecule is CC1CCC(N)C(CN(C)C(C)CO)C1. The molecule has 3 nitrogen and oxygen atoms in total. The fourth-order valence-electron chi connectivity index (χ4n) is 2.42. The van der Waals surface area contributed by atoms with Crippen LogP contribution in [0.15, 0.2) is 0 Å². The molecule has 0 amide bonds. The Hall–Kier alpha value is -0.120. The van der Waals surface area contributed by atoms with Gasteiger partial charge in [-0.05, 0) is 45.1 Å². The minimum atomic E-state index is 0.230. The van der Waals surface area contributed by atoms with Crippen LogP contribution in [-0.4, -0.2) is 42.3 Å². The van der Waals surface area contributed by atoms with Gasteiger partial charge in [-0.2, -0.15) is 0 Å². The second-order valence-corrected chi connectivity index (χ2v) is 5.31. The first-order valence-electron chi connectivity index (χ1n) is 6.11. The van der Waals surface area contributed by atoms with Crippen molar-refractivity contribution in [2.75, 3.05) is 20.2 Å². The minimum absolute atomic E-state index is 0.230. The van der Waals surface area contributed by atoms with Crippen molar-refractivity contribution in [3.05, 3.63) is 0 Å². The third-order valence-electron chi connectivity index (χ3n) is 3.84. The Morgan fingerprint density at radius 3 is 2.73 bits per heavy atom. The minimum Gasteiger partial charge on any atom is -0.395 e. The number of nitrogens with zero attached hydrogens (tertiary/aromatic N) is 1. The van der Waals surface area contributed by atoms with Gasteiger partial charge in [0, 0.05) is 18.6 Å². The Balaban J connectivity index is 2.41. The summed E-state index contributed by atoms with van der Waals surface area (Å²) in [7, 11) is 2.08. The number of nitrogens with two attached hydrogens (primary N) is 1. The van der Waals surface area contributed by atoms with Gasteiger partial charge in [0.25, 0.3) is 0 Å². The highest BCUT2D eigenvalue weighted by molar-refractivity contribution is 4.83. The van der Waals surface area contributed by atoms with Crippen LogP contribution in [0, 0.1) is 11.8 Å². The van der Waals surface area contributed by atoms with E-state index in [-0.39, 0.29) is 12.6 Å². The summed E-state index contributed by atoms with van der Waals surface area (Å²) in [4.78, 5) is 2.22. The van der Waals surface area contributed by atoms with E-state index in [1.54, 1.807) is 0 Å². The van der Waals surface area contributed by atoms with Crippen LogP contribution in [0.1, 0.15) is 33.1 Å². The van der Waals surface area contributed by atoms with Gasteiger partial charge in [-0.3, -0.25) is 0 Å². The normalized spacial score (nSPS) is 34.4. The summed E-state index contributed by atoms with van der Waals surface area (Å²) >= 11 is 0. The molecule has 0 heterocycles. The van der Waals surface area contributed by atoms with Crippen molar-refractivity contribution < 1.29 is 5.11 Å². The number of rotatable bonds is 4. The van der Waals surface area contributed by atoms with Gasteiger partial charge in [0.1, 0.15) is 0 Å². The summed E-state index contributed by atoms with van der Waals surface area (Å²) in [6.45, 7) is 5.62. The molecule has 1 fully saturated rings. The highest BCUT2D eigenvalue weighted by atomic mass is 16.3. The molecule has 0 saturated heterocycles. The lowest BCUT2D eigenvalue weighted by molar-refractivity contribution is 0.116. The molecule has 0 spiro atoms. The molecule has 1 saturated carbocycles. The number of aliphatic hydroxyl groups is 1. The number of hydrogen-bond donors (Lipinski definition) is 2. The Labute approximate surface area is 93.6 Å². The van der Waals surface area contributed by atoms with E-state index in [1.807, 2.05) is 0 Å². The number of hydrogen-bond acceptors (Lipinski definition) is 3. The van der Waals surface area contributed by atoms with Gasteiger partial charge in [-0.1, -0.05) is 6.92 Å². The first-order chi connectivity index (χ1) is 7.04. The van der Waals surface area contributed by atoms with Gasteiger partial charge in [-0.25, -0.2) is 0 Å². The van der Waals surface area contributed by atoms with Crippen LogP contribution in [0.3, 0.4) is 0 Å². The molecule has 3 heteroatoms. The Bertz CT molecular complexity index is 186. The van der Waals surface area contributed by atoms with Crippen LogP contribution < -0.4 is 5.73 Å². The first kappa shape index (κ1) is 12.9. The Kier molecular flexibility index (Phi) is 5.03. The Morgan fingerprint density at radius 1 is 1.47 bits per heavy atom. The van der Waals surface area contributed by atoms with E-state index < -0.39 is 0 Å². The second-order valence-electron chi connectivity index (χ2n) is 5.31. The fourth-order valence-corrected chi connectivity index (χ4v) is 2.42. The highest BCUT2D eigenvalue weighted by Gasteiger charge is 2.27. The zero-order chi connectivity index (χ0) is 11.4. The van der Waals surface area contributed by atoms with E-state index in [2.05, 4.69) is 25.8 Å². The molecule has 1 aliphatic rings. The van der Waals surface area contributed by atoms with E-state index in [0.29, 0.717) is 12.0 Å². The third-order valence-corrected chi connectivity index (χ3v) is 3.84. The standard InChI is InChI=1S/C12H26N2O/c1-9-4-5-12(13)11(6-9)7-14(3)10(2)8-15/h9-12,15H,4-8,13H2,1-3H3. The van der Waals surface area contributed by atoms with Gasteiger partial charge < -0.3 is 15.7 Å². The van der Waals surface area contributed by atoms with E-state index in [1.165, 1.54) is 12.8 Å². The number of aliphatic hydroxyl groups excluding tert-OH is 1. The summed E-state index contributed by atoms with van der Waals surface area (Å²) in [5.41, 5.74) is 6.14.